The molecule has 2 aromatic rings. The molecule has 3 rings (SSSR count). The monoisotopic (exact) mass is 510 g/mol. The fourth-order valence-electron chi connectivity index (χ4n) is 3.75. The predicted octanol–water partition coefficient (Wildman–Crippen LogP) is 2.65. The van der Waals surface area contributed by atoms with Crippen LogP contribution >= 0.6 is 24.0 Å². The summed E-state index contributed by atoms with van der Waals surface area (Å²) >= 11 is 0. The van der Waals surface area contributed by atoms with Crippen molar-refractivity contribution in [3.63, 3.8) is 0 Å². The number of nitrogens with zero attached hydrogens (tertiary/aromatic N) is 4. The Morgan fingerprint density at radius 3 is 2.45 bits per heavy atom. The maximum Gasteiger partial charge on any atom is 0.191 e. The van der Waals surface area contributed by atoms with Gasteiger partial charge in [0.15, 0.2) is 5.96 Å². The van der Waals surface area contributed by atoms with E-state index in [9.17, 15) is 0 Å². The lowest BCUT2D eigenvalue weighted by Crippen LogP contribution is -2.47. The number of aliphatic imine (C=N–C) groups is 1. The average molecular weight is 510 g/mol. The summed E-state index contributed by atoms with van der Waals surface area (Å²) in [5.74, 6) is 0.880. The molecule has 2 N–H and O–H groups in total. The number of guanidine groups is 1. The van der Waals surface area contributed by atoms with Crippen LogP contribution in [-0.4, -0.2) is 73.7 Å². The molecule has 0 aliphatic carbocycles. The van der Waals surface area contributed by atoms with Crippen LogP contribution in [0.2, 0.25) is 0 Å². The van der Waals surface area contributed by atoms with Gasteiger partial charge in [-0.1, -0.05) is 30.3 Å². The summed E-state index contributed by atoms with van der Waals surface area (Å²) in [6.45, 7) is 7.19. The van der Waals surface area contributed by atoms with Crippen LogP contribution in [-0.2, 0) is 6.54 Å². The number of aromatic nitrogens is 1. The summed E-state index contributed by atoms with van der Waals surface area (Å²) in [7, 11) is 4.05. The zero-order valence-electron chi connectivity index (χ0n) is 17.6. The van der Waals surface area contributed by atoms with Gasteiger partial charge in [-0.15, -0.1) is 24.0 Å². The molecule has 1 aliphatic rings. The minimum Gasteiger partial charge on any atom is -0.356 e. The van der Waals surface area contributed by atoms with E-state index in [4.69, 9.17) is 0 Å². The Balaban J connectivity index is 0.00000300. The maximum atomic E-state index is 4.33. The van der Waals surface area contributed by atoms with Crippen molar-refractivity contribution >= 4 is 29.9 Å². The number of benzene rings is 1. The second-order valence-electron chi connectivity index (χ2n) is 7.42. The minimum atomic E-state index is 0. The normalized spacial score (nSPS) is 18.3. The average Bonchev–Trinajstić information content (AvgIpc) is 3.25. The Hall–Kier alpha value is -1.58. The van der Waals surface area contributed by atoms with Crippen LogP contribution in [0.25, 0.3) is 0 Å². The van der Waals surface area contributed by atoms with E-state index < -0.39 is 0 Å². The molecule has 1 atom stereocenters. The van der Waals surface area contributed by atoms with Crippen molar-refractivity contribution in [2.24, 2.45) is 4.99 Å². The third-order valence-electron chi connectivity index (χ3n) is 5.35. The van der Waals surface area contributed by atoms with Gasteiger partial charge < -0.3 is 20.1 Å². The zero-order valence-corrected chi connectivity index (χ0v) is 20.0. The molecule has 1 saturated heterocycles. The van der Waals surface area contributed by atoms with Crippen LogP contribution in [0.15, 0.2) is 59.9 Å². The van der Waals surface area contributed by atoms with Gasteiger partial charge in [0.05, 0.1) is 0 Å². The van der Waals surface area contributed by atoms with E-state index in [2.05, 4.69) is 79.8 Å². The highest BCUT2D eigenvalue weighted by atomic mass is 127. The summed E-state index contributed by atoms with van der Waals surface area (Å²) in [5.41, 5.74) is 1.42. The van der Waals surface area contributed by atoms with Crippen LogP contribution in [0.4, 0.5) is 0 Å². The van der Waals surface area contributed by atoms with Gasteiger partial charge in [0.2, 0.25) is 0 Å². The molecule has 6 nitrogen and oxygen atoms in total. The summed E-state index contributed by atoms with van der Waals surface area (Å²) < 4.78 is 2.16. The molecule has 1 unspecified atom stereocenters. The first kappa shape index (κ1) is 23.7. The van der Waals surface area contributed by atoms with E-state index in [1.807, 2.05) is 19.2 Å². The molecule has 160 valence electrons. The van der Waals surface area contributed by atoms with E-state index >= 15 is 0 Å². The highest BCUT2D eigenvalue weighted by molar-refractivity contribution is 14.0. The molecule has 0 bridgehead atoms. The van der Waals surface area contributed by atoms with Gasteiger partial charge >= 0.3 is 0 Å². The van der Waals surface area contributed by atoms with Gasteiger partial charge in [-0.3, -0.25) is 9.89 Å². The fourth-order valence-corrected chi connectivity index (χ4v) is 3.75. The van der Waals surface area contributed by atoms with E-state index in [1.165, 1.54) is 5.56 Å². The van der Waals surface area contributed by atoms with Crippen molar-refractivity contribution in [2.45, 2.75) is 19.0 Å². The van der Waals surface area contributed by atoms with Crippen molar-refractivity contribution in [2.75, 3.05) is 53.4 Å². The number of rotatable bonds is 8. The first-order chi connectivity index (χ1) is 13.8. The molecular formula is C22H35IN6. The maximum absolute atomic E-state index is 4.33. The smallest absolute Gasteiger partial charge is 0.191 e. The Kier molecular flexibility index (Phi) is 10.5. The summed E-state index contributed by atoms with van der Waals surface area (Å²) in [6, 6.07) is 15.5. The Morgan fingerprint density at radius 2 is 1.72 bits per heavy atom. The van der Waals surface area contributed by atoms with Crippen molar-refractivity contribution in [3.05, 3.63) is 60.4 Å². The van der Waals surface area contributed by atoms with Crippen molar-refractivity contribution < 1.29 is 0 Å². The van der Waals surface area contributed by atoms with E-state index in [0.29, 0.717) is 6.04 Å². The molecule has 0 saturated carbocycles. The van der Waals surface area contributed by atoms with Crippen molar-refractivity contribution in [1.29, 1.82) is 0 Å². The lowest BCUT2D eigenvalue weighted by atomic mass is 10.0. The summed E-state index contributed by atoms with van der Waals surface area (Å²) in [4.78, 5) is 9.39. The number of hydrogen-bond donors (Lipinski definition) is 2. The largest absolute Gasteiger partial charge is 0.356 e. The number of hydrogen-bond acceptors (Lipinski definition) is 3. The molecule has 0 radical (unpaired) electrons. The van der Waals surface area contributed by atoms with Crippen molar-refractivity contribution in [3.8, 4) is 0 Å². The van der Waals surface area contributed by atoms with E-state index in [-0.39, 0.29) is 24.0 Å². The number of piperazine rings is 1. The van der Waals surface area contributed by atoms with E-state index in [0.717, 1.165) is 58.2 Å². The van der Waals surface area contributed by atoms with Gasteiger partial charge in [-0.2, -0.15) is 0 Å². The lowest BCUT2D eigenvalue weighted by Gasteiger charge is -2.40. The highest BCUT2D eigenvalue weighted by Gasteiger charge is 2.25. The van der Waals surface area contributed by atoms with Gasteiger partial charge in [0.1, 0.15) is 0 Å². The molecule has 0 amide bonds. The molecule has 1 aromatic carbocycles. The Morgan fingerprint density at radius 1 is 1.00 bits per heavy atom. The number of likely N-dealkylation sites (N-methyl/N-ethyl adjacent to an activating group) is 1. The molecule has 2 heterocycles. The number of halogens is 1. The molecule has 1 fully saturated rings. The van der Waals surface area contributed by atoms with Crippen LogP contribution in [0.1, 0.15) is 18.0 Å². The minimum absolute atomic E-state index is 0. The third kappa shape index (κ3) is 7.64. The summed E-state index contributed by atoms with van der Waals surface area (Å²) in [5, 5.41) is 6.83. The quantitative estimate of drug-likeness (QED) is 0.248. The topological polar surface area (TPSA) is 47.8 Å². The van der Waals surface area contributed by atoms with E-state index in [1.54, 1.807) is 0 Å². The van der Waals surface area contributed by atoms with Gasteiger partial charge in [0.25, 0.3) is 0 Å². The molecule has 7 heteroatoms. The predicted molar refractivity (Wildman–Crippen MR) is 132 cm³/mol. The zero-order chi connectivity index (χ0) is 19.6. The van der Waals surface area contributed by atoms with Gasteiger partial charge in [-0.25, -0.2) is 0 Å². The van der Waals surface area contributed by atoms with Crippen LogP contribution in [0.3, 0.4) is 0 Å². The standard InChI is InChI=1S/C22H34N6.HI/c1-23-22(25-12-16-27-13-6-7-14-27)24-11-8-15-28-18-17-26(2)19-21(28)20-9-4-3-5-10-20;/h3-7,9-10,13-14,21H,8,11-12,15-19H2,1-2H3,(H2,23,24,25);1H. The first-order valence-corrected chi connectivity index (χ1v) is 10.3. The molecule has 1 aliphatic heterocycles. The summed E-state index contributed by atoms with van der Waals surface area (Å²) in [6.07, 6.45) is 5.26. The molecule has 29 heavy (non-hydrogen) atoms. The van der Waals surface area contributed by atoms with Crippen LogP contribution in [0.5, 0.6) is 0 Å². The molecule has 0 spiro atoms. The van der Waals surface area contributed by atoms with Crippen LogP contribution in [0, 0.1) is 0 Å². The fraction of sp³-hybridized carbons (Fsp3) is 0.500. The number of nitrogens with one attached hydrogen (secondary N) is 2. The van der Waals surface area contributed by atoms with Gasteiger partial charge in [-0.05, 0) is 31.2 Å². The molecular weight excluding hydrogens is 475 g/mol. The SMILES string of the molecule is CN=C(NCCCN1CCN(C)CC1c1ccccc1)NCCn1cccc1.I. The molecule has 1 aromatic heterocycles. The Bertz CT molecular complexity index is 703. The first-order valence-electron chi connectivity index (χ1n) is 10.3. The highest BCUT2D eigenvalue weighted by Crippen LogP contribution is 2.24. The second-order valence-corrected chi connectivity index (χ2v) is 7.42. The van der Waals surface area contributed by atoms with Crippen molar-refractivity contribution in [1.82, 2.24) is 25.0 Å². The lowest BCUT2D eigenvalue weighted by molar-refractivity contribution is 0.0891. The Labute approximate surface area is 192 Å². The van der Waals surface area contributed by atoms with Gasteiger partial charge in [0, 0.05) is 71.3 Å². The second kappa shape index (κ2) is 12.9. The third-order valence-corrected chi connectivity index (χ3v) is 5.35. The van der Waals surface area contributed by atoms with Crippen LogP contribution < -0.4 is 10.6 Å².